The summed E-state index contributed by atoms with van der Waals surface area (Å²) in [5.74, 6) is -3.87. The van der Waals surface area contributed by atoms with Gasteiger partial charge >= 0.3 is 11.9 Å². The van der Waals surface area contributed by atoms with Gasteiger partial charge in [0.15, 0.2) is 5.92 Å². The Labute approximate surface area is 109 Å². The molecule has 0 unspecified atom stereocenters. The van der Waals surface area contributed by atoms with Gasteiger partial charge in [-0.2, -0.15) is 0 Å². The molecule has 19 heavy (non-hydrogen) atoms. The van der Waals surface area contributed by atoms with Crippen LogP contribution in [0.15, 0.2) is 29.5 Å². The number of ether oxygens (including phenoxy) is 2. The molecular formula is C12H13N2O5+. The number of aliphatic imine (C=N–C) groups is 1. The molecule has 1 fully saturated rings. The number of aromatic nitrogens is 1. The Hall–Kier alpha value is -2.44. The maximum absolute atomic E-state index is 11.6. The van der Waals surface area contributed by atoms with Crippen LogP contribution in [0, 0.1) is 5.92 Å². The fourth-order valence-corrected chi connectivity index (χ4v) is 1.54. The molecule has 100 valence electrons. The first-order chi connectivity index (χ1) is 8.87. The number of esters is 2. The topological polar surface area (TPSA) is 89.1 Å². The third-order valence-corrected chi connectivity index (χ3v) is 2.34. The van der Waals surface area contributed by atoms with E-state index in [9.17, 15) is 14.8 Å². The third-order valence-electron chi connectivity index (χ3n) is 2.34. The third kappa shape index (κ3) is 3.06. The number of cyclic esters (lactones) is 2. The Morgan fingerprint density at radius 1 is 1.37 bits per heavy atom. The van der Waals surface area contributed by atoms with Gasteiger partial charge in [-0.1, -0.05) is 0 Å². The first-order valence-corrected chi connectivity index (χ1v) is 5.58. The van der Waals surface area contributed by atoms with Crippen LogP contribution in [0.25, 0.3) is 0 Å². The molecule has 2 rings (SSSR count). The zero-order valence-electron chi connectivity index (χ0n) is 10.4. The van der Waals surface area contributed by atoms with Crippen LogP contribution in [0.2, 0.25) is 0 Å². The van der Waals surface area contributed by atoms with Gasteiger partial charge in [-0.15, -0.1) is 0 Å². The molecule has 0 radical (unpaired) electrons. The summed E-state index contributed by atoms with van der Waals surface area (Å²) in [6, 6.07) is 3.17. The fourth-order valence-electron chi connectivity index (χ4n) is 1.54. The van der Waals surface area contributed by atoms with E-state index in [1.807, 2.05) is 0 Å². The van der Waals surface area contributed by atoms with Crippen molar-refractivity contribution in [3.63, 3.8) is 0 Å². The van der Waals surface area contributed by atoms with E-state index in [4.69, 9.17) is 9.47 Å². The molecule has 0 atom stereocenters. The molecule has 1 aromatic heterocycles. The molecule has 0 bridgehead atoms. The molecule has 0 amide bonds. The predicted octanol–water partition coefficient (Wildman–Crippen LogP) is 0.366. The van der Waals surface area contributed by atoms with Gasteiger partial charge in [-0.3, -0.25) is 19.8 Å². The van der Waals surface area contributed by atoms with Crippen LogP contribution in [0.4, 0.5) is 5.69 Å². The van der Waals surface area contributed by atoms with Gasteiger partial charge in [0.25, 0.3) is 5.79 Å². The Morgan fingerprint density at radius 2 is 2.00 bits per heavy atom. The highest BCUT2D eigenvalue weighted by Gasteiger charge is 2.42. The van der Waals surface area contributed by atoms with E-state index in [1.54, 1.807) is 12.1 Å². The molecule has 1 aliphatic rings. The lowest BCUT2D eigenvalue weighted by Crippen LogP contribution is -2.46. The lowest BCUT2D eigenvalue weighted by atomic mass is 10.1. The summed E-state index contributed by atoms with van der Waals surface area (Å²) in [6.07, 6.45) is 3.86. The van der Waals surface area contributed by atoms with Crippen molar-refractivity contribution >= 4 is 23.8 Å². The molecule has 0 spiro atoms. The van der Waals surface area contributed by atoms with Crippen molar-refractivity contribution in [2.75, 3.05) is 0 Å². The summed E-state index contributed by atoms with van der Waals surface area (Å²) in [6.45, 7) is 2.95. The smallest absolute Gasteiger partial charge is 0.329 e. The molecule has 2 heterocycles. The van der Waals surface area contributed by atoms with Crippen LogP contribution >= 0.6 is 0 Å². The summed E-state index contributed by atoms with van der Waals surface area (Å²) in [5, 5.41) is 9.18. The minimum atomic E-state index is -1.25. The maximum Gasteiger partial charge on any atom is 0.329 e. The monoisotopic (exact) mass is 265 g/mol. The first kappa shape index (κ1) is 13.0. The van der Waals surface area contributed by atoms with Gasteiger partial charge in [0, 0.05) is 30.9 Å². The molecule has 7 heteroatoms. The number of hydrogen-bond donors (Lipinski definition) is 1. The lowest BCUT2D eigenvalue weighted by Gasteiger charge is -2.31. The molecule has 1 aliphatic heterocycles. The number of rotatable bonds is 2. The minimum Gasteiger partial charge on any atom is -0.422 e. The van der Waals surface area contributed by atoms with E-state index in [2.05, 4.69) is 4.99 Å². The predicted molar refractivity (Wildman–Crippen MR) is 61.7 cm³/mol. The second-order valence-electron chi connectivity index (χ2n) is 4.44. The standard InChI is InChI=1S/C12H13N2O5/c1-12(2)18-10(15)9(11(16)19-12)6-13-8-4-3-5-14(17)7-8/h3-7,9,17H,1-2H3/q+1. The number of pyridine rings is 1. The average Bonchev–Trinajstić information content (AvgIpc) is 2.26. The molecule has 1 saturated heterocycles. The van der Waals surface area contributed by atoms with E-state index < -0.39 is 23.6 Å². The molecule has 0 saturated carbocycles. The van der Waals surface area contributed by atoms with Crippen LogP contribution in [-0.4, -0.2) is 29.1 Å². The van der Waals surface area contributed by atoms with E-state index in [0.717, 1.165) is 10.9 Å². The summed E-state index contributed by atoms with van der Waals surface area (Å²) < 4.78 is 10.7. The van der Waals surface area contributed by atoms with Gasteiger partial charge in [0.2, 0.25) is 12.4 Å². The Bertz CT molecular complexity index is 533. The van der Waals surface area contributed by atoms with Crippen molar-refractivity contribution in [3.05, 3.63) is 24.5 Å². The Kier molecular flexibility index (Phi) is 3.20. The second kappa shape index (κ2) is 4.68. The van der Waals surface area contributed by atoms with Crippen molar-refractivity contribution in [2.24, 2.45) is 10.9 Å². The summed E-state index contributed by atoms with van der Waals surface area (Å²) in [5.41, 5.74) is 0.385. The Morgan fingerprint density at radius 3 is 2.58 bits per heavy atom. The molecule has 7 nitrogen and oxygen atoms in total. The SMILES string of the molecule is CC1(C)OC(=O)C(C=Nc2ccc[n+](O)c2)C(=O)O1. The van der Waals surface area contributed by atoms with Crippen molar-refractivity contribution in [3.8, 4) is 0 Å². The van der Waals surface area contributed by atoms with Gasteiger partial charge in [-0.25, -0.2) is 0 Å². The van der Waals surface area contributed by atoms with Crippen molar-refractivity contribution in [1.82, 2.24) is 0 Å². The van der Waals surface area contributed by atoms with Crippen molar-refractivity contribution in [1.29, 1.82) is 0 Å². The highest BCUT2D eigenvalue weighted by Crippen LogP contribution is 2.22. The lowest BCUT2D eigenvalue weighted by molar-refractivity contribution is -0.904. The number of carbonyl (C=O) groups excluding carboxylic acids is 2. The van der Waals surface area contributed by atoms with E-state index >= 15 is 0 Å². The number of hydrogen-bond acceptors (Lipinski definition) is 6. The van der Waals surface area contributed by atoms with Gasteiger partial charge < -0.3 is 9.47 Å². The van der Waals surface area contributed by atoms with Gasteiger partial charge in [0.05, 0.1) is 0 Å². The second-order valence-corrected chi connectivity index (χ2v) is 4.44. The molecular weight excluding hydrogens is 252 g/mol. The molecule has 1 N–H and O–H groups in total. The van der Waals surface area contributed by atoms with Crippen LogP contribution in [-0.2, 0) is 19.1 Å². The minimum absolute atomic E-state index is 0.385. The van der Waals surface area contributed by atoms with Crippen molar-refractivity contribution < 1.29 is 29.0 Å². The van der Waals surface area contributed by atoms with E-state index in [-0.39, 0.29) is 0 Å². The fraction of sp³-hybridized carbons (Fsp3) is 0.333. The number of nitrogens with zero attached hydrogens (tertiary/aromatic N) is 2. The van der Waals surface area contributed by atoms with E-state index in [0.29, 0.717) is 5.69 Å². The highest BCUT2D eigenvalue weighted by atomic mass is 16.7. The maximum atomic E-state index is 11.6. The summed E-state index contributed by atoms with van der Waals surface area (Å²) in [4.78, 5) is 27.2. The zero-order valence-corrected chi connectivity index (χ0v) is 10.4. The summed E-state index contributed by atoms with van der Waals surface area (Å²) >= 11 is 0. The first-order valence-electron chi connectivity index (χ1n) is 5.58. The zero-order chi connectivity index (χ0) is 14.0. The average molecular weight is 265 g/mol. The van der Waals surface area contributed by atoms with Crippen LogP contribution in [0.5, 0.6) is 0 Å². The van der Waals surface area contributed by atoms with E-state index in [1.165, 1.54) is 26.2 Å². The van der Waals surface area contributed by atoms with Crippen molar-refractivity contribution in [2.45, 2.75) is 19.6 Å². The molecule has 0 aromatic carbocycles. The van der Waals surface area contributed by atoms with Crippen LogP contribution in [0.3, 0.4) is 0 Å². The highest BCUT2D eigenvalue weighted by molar-refractivity contribution is 6.10. The van der Waals surface area contributed by atoms with Crippen LogP contribution < -0.4 is 4.73 Å². The normalized spacial score (nSPS) is 19.3. The van der Waals surface area contributed by atoms with Gasteiger partial charge in [-0.05, 0) is 6.07 Å². The molecule has 1 aromatic rings. The Balaban J connectivity index is 2.15. The summed E-state index contributed by atoms with van der Waals surface area (Å²) in [7, 11) is 0. The quantitative estimate of drug-likeness (QED) is 0.274. The number of carbonyl (C=O) groups is 2. The largest absolute Gasteiger partial charge is 0.422 e. The van der Waals surface area contributed by atoms with Crippen LogP contribution in [0.1, 0.15) is 13.8 Å². The van der Waals surface area contributed by atoms with Gasteiger partial charge in [0.1, 0.15) is 5.69 Å². The molecule has 0 aliphatic carbocycles.